The maximum atomic E-state index is 13.9. The molecule has 0 radical (unpaired) electrons. The number of H-pyrrole nitrogens is 1. The number of benzene rings is 2. The third-order valence-corrected chi connectivity index (χ3v) is 7.80. The van der Waals surface area contributed by atoms with Gasteiger partial charge in [-0.15, -0.1) is 0 Å². The van der Waals surface area contributed by atoms with Gasteiger partial charge in [0.1, 0.15) is 0 Å². The standard InChI is InChI=1S/C29H34FN5O3.C2HF3O2/c30-25-15-32-33-27(25)29(37)35-18-23-16-34(17-24(23)19-35)26(12-11-21-7-3-1-4-8-21)28(36)31-13-14-38-20-22-9-5-2-6-10-22;3-2(4,5)1(6)7/h1-10,15,23-24,26H,11-14,16-20H2,(H,31,36)(H,32,33);(H,6,7). The second-order valence-corrected chi connectivity index (χ2v) is 10.9. The number of aromatic nitrogens is 2. The van der Waals surface area contributed by atoms with Gasteiger partial charge in [0.2, 0.25) is 5.91 Å². The SMILES string of the molecule is O=C(NCCOCc1ccccc1)C(CCc1ccccc1)N1CC2CN(C(=O)c3[nH]ncc3F)CC2C1.O=C(O)C(F)(F)F. The van der Waals surface area contributed by atoms with Gasteiger partial charge < -0.3 is 20.1 Å². The number of carboxylic acids is 1. The van der Waals surface area contributed by atoms with E-state index in [-0.39, 0.29) is 35.4 Å². The van der Waals surface area contributed by atoms with Gasteiger partial charge in [-0.3, -0.25) is 19.6 Å². The average Bonchev–Trinajstić information content (AvgIpc) is 3.73. The first-order valence-electron chi connectivity index (χ1n) is 14.5. The molecule has 3 atom stereocenters. The number of nitrogens with one attached hydrogen (secondary N) is 2. The topological polar surface area (TPSA) is 128 Å². The number of aliphatic carboxylic acids is 1. The molecule has 2 amide bonds. The highest BCUT2D eigenvalue weighted by atomic mass is 19.4. The first kappa shape index (κ1) is 33.6. The van der Waals surface area contributed by atoms with Crippen LogP contribution in [0.1, 0.15) is 28.0 Å². The molecule has 2 aliphatic heterocycles. The summed E-state index contributed by atoms with van der Waals surface area (Å²) in [5.41, 5.74) is 2.22. The van der Waals surface area contributed by atoms with Gasteiger partial charge in [0.25, 0.3) is 5.91 Å². The number of carbonyl (C=O) groups excluding carboxylic acids is 2. The molecule has 3 heterocycles. The number of fused-ring (bicyclic) bond motifs is 1. The monoisotopic (exact) mass is 633 g/mol. The van der Waals surface area contributed by atoms with Crippen LogP contribution in [0, 0.1) is 17.7 Å². The summed E-state index contributed by atoms with van der Waals surface area (Å²) in [5.74, 6) is -3.21. The number of hydrogen-bond acceptors (Lipinski definition) is 6. The average molecular weight is 634 g/mol. The predicted molar refractivity (Wildman–Crippen MR) is 154 cm³/mol. The smallest absolute Gasteiger partial charge is 0.475 e. The summed E-state index contributed by atoms with van der Waals surface area (Å²) in [6, 6.07) is 19.9. The summed E-state index contributed by atoms with van der Waals surface area (Å²) >= 11 is 0. The maximum absolute atomic E-state index is 13.9. The number of nitrogens with zero attached hydrogens (tertiary/aromatic N) is 3. The van der Waals surface area contributed by atoms with E-state index in [9.17, 15) is 27.2 Å². The largest absolute Gasteiger partial charge is 0.490 e. The number of amides is 2. The van der Waals surface area contributed by atoms with Crippen LogP contribution in [0.5, 0.6) is 0 Å². The molecule has 3 aromatic rings. The highest BCUT2D eigenvalue weighted by Crippen LogP contribution is 2.33. The molecule has 0 aliphatic carbocycles. The van der Waals surface area contributed by atoms with E-state index in [0.717, 1.165) is 31.3 Å². The second kappa shape index (κ2) is 15.6. The van der Waals surface area contributed by atoms with E-state index in [1.165, 1.54) is 5.56 Å². The number of alkyl halides is 3. The molecule has 1 aromatic heterocycles. The van der Waals surface area contributed by atoms with Gasteiger partial charge in [-0.25, -0.2) is 9.18 Å². The van der Waals surface area contributed by atoms with Crippen molar-refractivity contribution in [1.29, 1.82) is 0 Å². The van der Waals surface area contributed by atoms with Crippen LogP contribution < -0.4 is 5.32 Å². The molecule has 3 unspecified atom stereocenters. The summed E-state index contributed by atoms with van der Waals surface area (Å²) in [6.45, 7) is 3.98. The summed E-state index contributed by atoms with van der Waals surface area (Å²) in [6.07, 6.45) is -2.55. The molecular formula is C31H35F4N5O5. The Balaban J connectivity index is 0.000000591. The fourth-order valence-corrected chi connectivity index (χ4v) is 5.59. The Hall–Kier alpha value is -4.30. The third kappa shape index (κ3) is 9.59. The lowest BCUT2D eigenvalue weighted by Crippen LogP contribution is -2.48. The number of rotatable bonds is 11. The van der Waals surface area contributed by atoms with Crippen molar-refractivity contribution in [3.8, 4) is 0 Å². The van der Waals surface area contributed by atoms with E-state index >= 15 is 0 Å². The van der Waals surface area contributed by atoms with Crippen LogP contribution in [0.2, 0.25) is 0 Å². The minimum atomic E-state index is -5.08. The van der Waals surface area contributed by atoms with Crippen LogP contribution in [0.15, 0.2) is 66.9 Å². The lowest BCUT2D eigenvalue weighted by atomic mass is 10.0. The van der Waals surface area contributed by atoms with Crippen molar-refractivity contribution in [2.24, 2.45) is 11.8 Å². The fraction of sp³-hybridized carbons (Fsp3) is 0.419. The van der Waals surface area contributed by atoms with Gasteiger partial charge in [0, 0.05) is 32.7 Å². The zero-order valence-electron chi connectivity index (χ0n) is 24.4. The molecule has 0 spiro atoms. The Kier molecular flexibility index (Phi) is 11.7. The molecular weight excluding hydrogens is 598 g/mol. The van der Waals surface area contributed by atoms with Crippen LogP contribution >= 0.6 is 0 Å². The summed E-state index contributed by atoms with van der Waals surface area (Å²) in [5, 5.41) is 16.3. The number of ether oxygens (including phenoxy) is 1. The Bertz CT molecular complexity index is 1390. The number of halogens is 4. The zero-order chi connectivity index (χ0) is 32.4. The quantitative estimate of drug-likeness (QED) is 0.218. The molecule has 14 heteroatoms. The molecule has 2 aromatic carbocycles. The number of aryl methyl sites for hydroxylation is 1. The van der Waals surface area contributed by atoms with Gasteiger partial charge in [0.05, 0.1) is 25.5 Å². The highest BCUT2D eigenvalue weighted by Gasteiger charge is 2.45. The maximum Gasteiger partial charge on any atom is 0.490 e. The van der Waals surface area contributed by atoms with E-state index in [4.69, 9.17) is 14.6 Å². The number of likely N-dealkylation sites (tertiary alicyclic amines) is 2. The predicted octanol–water partition coefficient (Wildman–Crippen LogP) is 3.52. The van der Waals surface area contributed by atoms with Crippen molar-refractivity contribution in [1.82, 2.24) is 25.3 Å². The molecule has 10 nitrogen and oxygen atoms in total. The molecule has 45 heavy (non-hydrogen) atoms. The van der Waals surface area contributed by atoms with E-state index in [1.54, 1.807) is 4.90 Å². The highest BCUT2D eigenvalue weighted by molar-refractivity contribution is 5.92. The van der Waals surface area contributed by atoms with Gasteiger partial charge in [-0.2, -0.15) is 18.3 Å². The molecule has 5 rings (SSSR count). The zero-order valence-corrected chi connectivity index (χ0v) is 24.4. The van der Waals surface area contributed by atoms with Gasteiger partial charge in [-0.1, -0.05) is 60.7 Å². The summed E-state index contributed by atoms with van der Waals surface area (Å²) in [7, 11) is 0. The molecule has 3 N–H and O–H groups in total. The van der Waals surface area contributed by atoms with Crippen LogP contribution in [0.25, 0.3) is 0 Å². The van der Waals surface area contributed by atoms with Crippen molar-refractivity contribution in [3.63, 3.8) is 0 Å². The van der Waals surface area contributed by atoms with Crippen LogP contribution in [0.3, 0.4) is 0 Å². The Labute approximate surface area is 257 Å². The summed E-state index contributed by atoms with van der Waals surface area (Å²) < 4.78 is 51.3. The fourth-order valence-electron chi connectivity index (χ4n) is 5.59. The van der Waals surface area contributed by atoms with Crippen molar-refractivity contribution in [2.45, 2.75) is 31.7 Å². The minimum Gasteiger partial charge on any atom is -0.475 e. The van der Waals surface area contributed by atoms with Crippen molar-refractivity contribution in [3.05, 3.63) is 89.5 Å². The van der Waals surface area contributed by atoms with E-state index < -0.39 is 18.0 Å². The second-order valence-electron chi connectivity index (χ2n) is 10.9. The third-order valence-electron chi connectivity index (χ3n) is 7.80. The van der Waals surface area contributed by atoms with Crippen LogP contribution in [-0.4, -0.2) is 94.4 Å². The van der Waals surface area contributed by atoms with Gasteiger partial charge >= 0.3 is 12.1 Å². The summed E-state index contributed by atoms with van der Waals surface area (Å²) in [4.78, 5) is 38.9. The Morgan fingerprint density at radius 2 is 1.56 bits per heavy atom. The first-order chi connectivity index (χ1) is 21.5. The van der Waals surface area contributed by atoms with Crippen molar-refractivity contribution < 1.29 is 41.8 Å². The Morgan fingerprint density at radius 1 is 0.978 bits per heavy atom. The lowest BCUT2D eigenvalue weighted by Gasteiger charge is -2.29. The normalized spacial score (nSPS) is 18.5. The van der Waals surface area contributed by atoms with Crippen LogP contribution in [0.4, 0.5) is 17.6 Å². The molecule has 0 bridgehead atoms. The number of aromatic amines is 1. The first-order valence-corrected chi connectivity index (χ1v) is 14.5. The molecule has 242 valence electrons. The van der Waals surface area contributed by atoms with Crippen molar-refractivity contribution in [2.75, 3.05) is 39.3 Å². The van der Waals surface area contributed by atoms with E-state index in [1.807, 2.05) is 48.5 Å². The van der Waals surface area contributed by atoms with Crippen LogP contribution in [-0.2, 0) is 27.4 Å². The molecule has 2 fully saturated rings. The number of carboxylic acid groups (broad SMARTS) is 1. The number of hydrogen-bond donors (Lipinski definition) is 3. The molecule has 2 saturated heterocycles. The number of carbonyl (C=O) groups is 3. The minimum absolute atomic E-state index is 0.0108. The van der Waals surface area contributed by atoms with Crippen molar-refractivity contribution >= 4 is 17.8 Å². The van der Waals surface area contributed by atoms with E-state index in [0.29, 0.717) is 39.3 Å². The van der Waals surface area contributed by atoms with Gasteiger partial charge in [0.15, 0.2) is 11.5 Å². The van der Waals surface area contributed by atoms with Gasteiger partial charge in [-0.05, 0) is 35.8 Å². The molecule has 0 saturated carbocycles. The molecule has 2 aliphatic rings. The van der Waals surface area contributed by atoms with E-state index in [2.05, 4.69) is 32.5 Å². The Morgan fingerprint density at radius 3 is 2.09 bits per heavy atom. The lowest BCUT2D eigenvalue weighted by molar-refractivity contribution is -0.192.